The molecule has 0 spiro atoms. The van der Waals surface area contributed by atoms with Crippen LogP contribution in [0.5, 0.6) is 11.5 Å². The molecule has 0 bridgehead atoms. The maximum Gasteiger partial charge on any atom is 0.155 e. The van der Waals surface area contributed by atoms with Gasteiger partial charge in [0.2, 0.25) is 0 Å². The number of benzene rings is 1. The van der Waals surface area contributed by atoms with Gasteiger partial charge in [-0.2, -0.15) is 0 Å². The maximum atomic E-state index is 5.72. The summed E-state index contributed by atoms with van der Waals surface area (Å²) in [5, 5.41) is 0. The average Bonchev–Trinajstić information content (AvgIpc) is 2.39. The zero-order chi connectivity index (χ0) is 12.1. The fraction of sp³-hybridized carbons (Fsp3) is 0.154. The van der Waals surface area contributed by atoms with Gasteiger partial charge in [0.25, 0.3) is 0 Å². The van der Waals surface area contributed by atoms with Crippen molar-refractivity contribution in [3.05, 3.63) is 51.9 Å². The largest absolute Gasteiger partial charge is 0.495 e. The van der Waals surface area contributed by atoms with Gasteiger partial charge in [0.15, 0.2) is 5.75 Å². The van der Waals surface area contributed by atoms with E-state index in [9.17, 15) is 0 Å². The summed E-state index contributed by atoms with van der Waals surface area (Å²) in [6.45, 7) is 0.533. The highest BCUT2D eigenvalue weighted by Crippen LogP contribution is 2.24. The summed E-state index contributed by atoms with van der Waals surface area (Å²) in [4.78, 5) is 4.20. The first-order chi connectivity index (χ1) is 8.29. The lowest BCUT2D eigenvalue weighted by Crippen LogP contribution is -1.98. The molecule has 0 aliphatic rings. The number of hydrogen-bond donors (Lipinski definition) is 0. The van der Waals surface area contributed by atoms with Gasteiger partial charge in [0.1, 0.15) is 16.1 Å². The molecule has 0 amide bonds. The van der Waals surface area contributed by atoms with E-state index in [1.165, 1.54) is 0 Å². The molecule has 2 rings (SSSR count). The molecule has 0 atom stereocenters. The average molecular weight is 341 g/mol. The van der Waals surface area contributed by atoms with Crippen LogP contribution in [0.25, 0.3) is 0 Å². The highest BCUT2D eigenvalue weighted by Gasteiger charge is 2.04. The van der Waals surface area contributed by atoms with E-state index >= 15 is 0 Å². The molecule has 2 aromatic rings. The van der Waals surface area contributed by atoms with Gasteiger partial charge in [-0.25, -0.2) is 4.98 Å². The number of rotatable bonds is 4. The zero-order valence-electron chi connectivity index (χ0n) is 9.39. The number of methoxy groups -OCH3 is 1. The molecule has 4 heteroatoms. The van der Waals surface area contributed by atoms with E-state index in [1.54, 1.807) is 13.3 Å². The molecule has 0 fully saturated rings. The Morgan fingerprint density at radius 1 is 1.24 bits per heavy atom. The summed E-state index contributed by atoms with van der Waals surface area (Å²) in [5.41, 5.74) is 1.13. The second kappa shape index (κ2) is 5.86. The highest BCUT2D eigenvalue weighted by molar-refractivity contribution is 14.1. The molecule has 88 valence electrons. The topological polar surface area (TPSA) is 31.4 Å². The van der Waals surface area contributed by atoms with Crippen LogP contribution in [-0.2, 0) is 6.61 Å². The fourth-order valence-electron chi connectivity index (χ4n) is 1.36. The van der Waals surface area contributed by atoms with Crippen molar-refractivity contribution in [2.75, 3.05) is 7.11 Å². The summed E-state index contributed by atoms with van der Waals surface area (Å²) in [5.74, 6) is 1.45. The minimum absolute atomic E-state index is 0.533. The molecule has 1 aromatic heterocycles. The van der Waals surface area contributed by atoms with E-state index in [-0.39, 0.29) is 0 Å². The minimum Gasteiger partial charge on any atom is -0.495 e. The van der Waals surface area contributed by atoms with E-state index in [0.29, 0.717) is 12.4 Å². The van der Waals surface area contributed by atoms with Gasteiger partial charge >= 0.3 is 0 Å². The third kappa shape index (κ3) is 3.33. The van der Waals surface area contributed by atoms with Crippen LogP contribution in [0, 0.1) is 3.70 Å². The Morgan fingerprint density at radius 2 is 2.00 bits per heavy atom. The summed E-state index contributed by atoms with van der Waals surface area (Å²) in [7, 11) is 1.62. The zero-order valence-corrected chi connectivity index (χ0v) is 11.5. The Kier molecular flexibility index (Phi) is 4.19. The molecule has 0 aliphatic heterocycles. The van der Waals surface area contributed by atoms with Crippen LogP contribution in [0.4, 0.5) is 0 Å². The number of halogens is 1. The van der Waals surface area contributed by atoms with Crippen LogP contribution in [0.15, 0.2) is 42.6 Å². The fourth-order valence-corrected chi connectivity index (χ4v) is 1.81. The maximum absolute atomic E-state index is 5.72. The van der Waals surface area contributed by atoms with Crippen molar-refractivity contribution in [1.29, 1.82) is 0 Å². The van der Waals surface area contributed by atoms with Gasteiger partial charge in [-0.1, -0.05) is 30.3 Å². The molecule has 1 aromatic carbocycles. The molecule has 0 aliphatic carbocycles. The predicted molar refractivity (Wildman–Crippen MR) is 74.3 cm³/mol. The molecule has 0 unspecified atom stereocenters. The SMILES string of the molecule is COc1cnc(I)c(OCc2ccccc2)c1. The Balaban J connectivity index is 2.08. The van der Waals surface area contributed by atoms with Crippen molar-refractivity contribution >= 4 is 22.6 Å². The molecule has 0 radical (unpaired) electrons. The van der Waals surface area contributed by atoms with Crippen LogP contribution in [0.1, 0.15) is 5.56 Å². The van der Waals surface area contributed by atoms with Crippen LogP contribution >= 0.6 is 22.6 Å². The molecule has 1 heterocycles. The molecule has 0 N–H and O–H groups in total. The van der Waals surface area contributed by atoms with Crippen molar-refractivity contribution < 1.29 is 9.47 Å². The second-order valence-electron chi connectivity index (χ2n) is 3.44. The third-order valence-electron chi connectivity index (χ3n) is 2.25. The predicted octanol–water partition coefficient (Wildman–Crippen LogP) is 3.27. The Bertz CT molecular complexity index is 488. The van der Waals surface area contributed by atoms with Gasteiger partial charge in [-0.05, 0) is 28.2 Å². The van der Waals surface area contributed by atoms with E-state index in [2.05, 4.69) is 27.6 Å². The van der Waals surface area contributed by atoms with Gasteiger partial charge in [-0.15, -0.1) is 0 Å². The summed E-state index contributed by atoms with van der Waals surface area (Å²) < 4.78 is 11.7. The number of pyridine rings is 1. The molecule has 0 saturated heterocycles. The molecule has 0 saturated carbocycles. The van der Waals surface area contributed by atoms with E-state index < -0.39 is 0 Å². The van der Waals surface area contributed by atoms with Gasteiger partial charge in [0.05, 0.1) is 13.3 Å². The van der Waals surface area contributed by atoms with E-state index in [1.807, 2.05) is 36.4 Å². The number of nitrogens with zero attached hydrogens (tertiary/aromatic N) is 1. The summed E-state index contributed by atoms with van der Waals surface area (Å²) in [6, 6.07) is 11.9. The van der Waals surface area contributed by atoms with Crippen molar-refractivity contribution in [3.8, 4) is 11.5 Å². The van der Waals surface area contributed by atoms with Crippen LogP contribution in [-0.4, -0.2) is 12.1 Å². The van der Waals surface area contributed by atoms with Crippen molar-refractivity contribution in [2.45, 2.75) is 6.61 Å². The van der Waals surface area contributed by atoms with Crippen molar-refractivity contribution in [3.63, 3.8) is 0 Å². The molecule has 17 heavy (non-hydrogen) atoms. The van der Waals surface area contributed by atoms with Gasteiger partial charge < -0.3 is 9.47 Å². The van der Waals surface area contributed by atoms with Crippen molar-refractivity contribution in [1.82, 2.24) is 4.98 Å². The first-order valence-electron chi connectivity index (χ1n) is 5.16. The molecular weight excluding hydrogens is 329 g/mol. The lowest BCUT2D eigenvalue weighted by molar-refractivity contribution is 0.299. The normalized spacial score (nSPS) is 10.0. The monoisotopic (exact) mass is 341 g/mol. The van der Waals surface area contributed by atoms with Crippen LogP contribution in [0.2, 0.25) is 0 Å². The number of hydrogen-bond acceptors (Lipinski definition) is 3. The number of ether oxygens (including phenoxy) is 2. The van der Waals surface area contributed by atoms with E-state index in [4.69, 9.17) is 9.47 Å². The number of aromatic nitrogens is 1. The highest BCUT2D eigenvalue weighted by atomic mass is 127. The van der Waals surface area contributed by atoms with Gasteiger partial charge in [0, 0.05) is 6.07 Å². The van der Waals surface area contributed by atoms with Crippen LogP contribution < -0.4 is 9.47 Å². The first kappa shape index (κ1) is 12.2. The van der Waals surface area contributed by atoms with Crippen LogP contribution in [0.3, 0.4) is 0 Å². The Labute approximate surface area is 114 Å². The van der Waals surface area contributed by atoms with E-state index in [0.717, 1.165) is 15.0 Å². The second-order valence-corrected chi connectivity index (χ2v) is 4.46. The van der Waals surface area contributed by atoms with Crippen molar-refractivity contribution in [2.24, 2.45) is 0 Å². The standard InChI is InChI=1S/C13H12INO2/c1-16-11-7-12(13(14)15-8-11)17-9-10-5-3-2-4-6-10/h2-8H,9H2,1H3. The lowest BCUT2D eigenvalue weighted by Gasteiger charge is -2.09. The molecule has 3 nitrogen and oxygen atoms in total. The Hall–Kier alpha value is -1.30. The third-order valence-corrected chi connectivity index (χ3v) is 3.06. The summed E-state index contributed by atoms with van der Waals surface area (Å²) >= 11 is 2.14. The lowest BCUT2D eigenvalue weighted by atomic mass is 10.2. The Morgan fingerprint density at radius 3 is 2.71 bits per heavy atom. The first-order valence-corrected chi connectivity index (χ1v) is 6.23. The molecular formula is C13H12INO2. The van der Waals surface area contributed by atoms with Gasteiger partial charge in [-0.3, -0.25) is 0 Å². The minimum atomic E-state index is 0.533. The quantitative estimate of drug-likeness (QED) is 0.632. The summed E-state index contributed by atoms with van der Waals surface area (Å²) in [6.07, 6.45) is 1.68. The smallest absolute Gasteiger partial charge is 0.155 e.